The molecule has 0 radical (unpaired) electrons. The first-order valence-electron chi connectivity index (χ1n) is 6.31. The second-order valence-electron chi connectivity index (χ2n) is 4.56. The Morgan fingerprint density at radius 1 is 1.29 bits per heavy atom. The van der Waals surface area contributed by atoms with E-state index in [1.54, 1.807) is 31.2 Å². The van der Waals surface area contributed by atoms with Crippen LogP contribution in [0.1, 0.15) is 24.2 Å². The van der Waals surface area contributed by atoms with Crippen molar-refractivity contribution in [1.82, 2.24) is 0 Å². The van der Waals surface area contributed by atoms with Gasteiger partial charge in [0.15, 0.2) is 0 Å². The van der Waals surface area contributed by atoms with E-state index in [0.29, 0.717) is 5.75 Å². The van der Waals surface area contributed by atoms with Crippen molar-refractivity contribution in [2.45, 2.75) is 19.6 Å². The van der Waals surface area contributed by atoms with Gasteiger partial charge in [-0.3, -0.25) is 10.1 Å². The molecule has 5 nitrogen and oxygen atoms in total. The Morgan fingerprint density at radius 3 is 2.52 bits per heavy atom. The van der Waals surface area contributed by atoms with E-state index >= 15 is 0 Å². The van der Waals surface area contributed by atoms with E-state index in [1.807, 2.05) is 0 Å². The van der Waals surface area contributed by atoms with Crippen LogP contribution in [0.5, 0.6) is 5.75 Å². The quantitative estimate of drug-likeness (QED) is 0.677. The highest BCUT2D eigenvalue weighted by molar-refractivity contribution is 5.40. The fourth-order valence-electron chi connectivity index (χ4n) is 1.85. The van der Waals surface area contributed by atoms with Crippen molar-refractivity contribution in [2.75, 3.05) is 0 Å². The zero-order valence-electron chi connectivity index (χ0n) is 11.3. The Morgan fingerprint density at radius 2 is 1.95 bits per heavy atom. The first-order valence-corrected chi connectivity index (χ1v) is 6.31. The monoisotopic (exact) mass is 291 g/mol. The van der Waals surface area contributed by atoms with Crippen molar-refractivity contribution < 1.29 is 19.2 Å². The van der Waals surface area contributed by atoms with Gasteiger partial charge in [0.1, 0.15) is 18.2 Å². The average molecular weight is 291 g/mol. The van der Waals surface area contributed by atoms with Crippen LogP contribution in [0.3, 0.4) is 0 Å². The van der Waals surface area contributed by atoms with E-state index < -0.39 is 16.8 Å². The number of aliphatic hydroxyl groups excluding tert-OH is 1. The molecule has 1 N–H and O–H groups in total. The summed E-state index contributed by atoms with van der Waals surface area (Å²) >= 11 is 0. The molecule has 0 saturated heterocycles. The van der Waals surface area contributed by atoms with Crippen molar-refractivity contribution >= 4 is 5.69 Å². The van der Waals surface area contributed by atoms with Crippen LogP contribution in [-0.2, 0) is 6.61 Å². The summed E-state index contributed by atoms with van der Waals surface area (Å²) in [6, 6.07) is 9.92. The number of hydrogen-bond donors (Lipinski definition) is 1. The molecule has 0 aliphatic carbocycles. The number of nitrogens with zero attached hydrogens (tertiary/aromatic N) is 1. The first kappa shape index (κ1) is 14.9. The lowest BCUT2D eigenvalue weighted by Crippen LogP contribution is -2.01. The molecule has 21 heavy (non-hydrogen) atoms. The summed E-state index contributed by atoms with van der Waals surface area (Å²) in [5.41, 5.74) is 0.718. The van der Waals surface area contributed by atoms with E-state index in [9.17, 15) is 19.6 Å². The van der Waals surface area contributed by atoms with Crippen LogP contribution in [0.4, 0.5) is 10.1 Å². The van der Waals surface area contributed by atoms with Crippen LogP contribution in [0.2, 0.25) is 0 Å². The molecule has 6 heteroatoms. The van der Waals surface area contributed by atoms with Gasteiger partial charge in [-0.05, 0) is 36.8 Å². The molecule has 0 heterocycles. The molecule has 0 saturated carbocycles. The standard InChI is InChI=1S/C15H14FNO4/c1-10(18)11-2-5-14(6-3-11)21-9-12-8-13(16)4-7-15(12)17(19)20/h2-8,10,18H,9H2,1H3. The van der Waals surface area contributed by atoms with E-state index in [-0.39, 0.29) is 17.9 Å². The zero-order chi connectivity index (χ0) is 15.4. The van der Waals surface area contributed by atoms with Gasteiger partial charge in [-0.25, -0.2) is 4.39 Å². The second kappa shape index (κ2) is 6.32. The number of hydrogen-bond acceptors (Lipinski definition) is 4. The highest BCUT2D eigenvalue weighted by Crippen LogP contribution is 2.23. The molecule has 0 bridgehead atoms. The number of nitro benzene ring substituents is 1. The summed E-state index contributed by atoms with van der Waals surface area (Å²) in [5, 5.41) is 20.3. The third-order valence-electron chi connectivity index (χ3n) is 3.00. The normalized spacial score (nSPS) is 12.0. The minimum absolute atomic E-state index is 0.109. The molecule has 0 amide bonds. The van der Waals surface area contributed by atoms with Crippen LogP contribution in [-0.4, -0.2) is 10.0 Å². The number of benzene rings is 2. The lowest BCUT2D eigenvalue weighted by atomic mass is 10.1. The van der Waals surface area contributed by atoms with E-state index in [1.165, 1.54) is 0 Å². The van der Waals surface area contributed by atoms with Gasteiger partial charge in [-0.2, -0.15) is 0 Å². The number of nitro groups is 1. The van der Waals surface area contributed by atoms with Crippen molar-refractivity contribution in [3.05, 3.63) is 69.5 Å². The molecular formula is C15H14FNO4. The minimum Gasteiger partial charge on any atom is -0.489 e. The number of rotatable bonds is 5. The van der Waals surface area contributed by atoms with Gasteiger partial charge in [0, 0.05) is 6.07 Å². The molecule has 0 fully saturated rings. The Bertz CT molecular complexity index is 641. The Hall–Kier alpha value is -2.47. The fraction of sp³-hybridized carbons (Fsp3) is 0.200. The third-order valence-corrected chi connectivity index (χ3v) is 3.00. The van der Waals surface area contributed by atoms with Crippen molar-refractivity contribution in [1.29, 1.82) is 0 Å². The van der Waals surface area contributed by atoms with Gasteiger partial charge in [-0.1, -0.05) is 12.1 Å². The minimum atomic E-state index is -0.580. The van der Waals surface area contributed by atoms with E-state index in [0.717, 1.165) is 23.8 Å². The largest absolute Gasteiger partial charge is 0.489 e. The lowest BCUT2D eigenvalue weighted by Gasteiger charge is -2.09. The second-order valence-corrected chi connectivity index (χ2v) is 4.56. The first-order chi connectivity index (χ1) is 9.97. The molecule has 0 aromatic heterocycles. The molecule has 2 aromatic carbocycles. The molecule has 1 atom stereocenters. The predicted molar refractivity (Wildman–Crippen MR) is 74.5 cm³/mol. The molecule has 0 spiro atoms. The molecule has 0 aliphatic rings. The Labute approximate surface area is 120 Å². The van der Waals surface area contributed by atoms with Crippen LogP contribution in [0.15, 0.2) is 42.5 Å². The van der Waals surface area contributed by atoms with Crippen molar-refractivity contribution in [3.63, 3.8) is 0 Å². The number of ether oxygens (including phenoxy) is 1. The molecular weight excluding hydrogens is 277 g/mol. The van der Waals surface area contributed by atoms with Crippen LogP contribution < -0.4 is 4.74 Å². The van der Waals surface area contributed by atoms with Gasteiger partial charge in [0.2, 0.25) is 0 Å². The number of halogens is 1. The van der Waals surface area contributed by atoms with Gasteiger partial charge >= 0.3 is 0 Å². The highest BCUT2D eigenvalue weighted by Gasteiger charge is 2.15. The summed E-state index contributed by atoms with van der Waals surface area (Å²) in [4.78, 5) is 10.3. The Kier molecular flexibility index (Phi) is 4.49. The smallest absolute Gasteiger partial charge is 0.276 e. The molecule has 110 valence electrons. The molecule has 0 aliphatic heterocycles. The van der Waals surface area contributed by atoms with Crippen LogP contribution in [0.25, 0.3) is 0 Å². The van der Waals surface area contributed by atoms with Gasteiger partial charge in [0.05, 0.1) is 16.6 Å². The Balaban J connectivity index is 2.12. The van der Waals surface area contributed by atoms with Crippen molar-refractivity contribution in [3.8, 4) is 5.75 Å². The molecule has 1 unspecified atom stereocenters. The lowest BCUT2D eigenvalue weighted by molar-refractivity contribution is -0.385. The average Bonchev–Trinajstić information content (AvgIpc) is 2.45. The summed E-state index contributed by atoms with van der Waals surface area (Å²) in [6.07, 6.45) is -0.580. The molecule has 2 aromatic rings. The third kappa shape index (κ3) is 3.76. The van der Waals surface area contributed by atoms with Crippen LogP contribution in [0, 0.1) is 15.9 Å². The molecule has 2 rings (SSSR count). The topological polar surface area (TPSA) is 72.6 Å². The zero-order valence-corrected chi connectivity index (χ0v) is 11.3. The van der Waals surface area contributed by atoms with Crippen molar-refractivity contribution in [2.24, 2.45) is 0 Å². The van der Waals surface area contributed by atoms with Gasteiger partial charge < -0.3 is 9.84 Å². The maximum atomic E-state index is 13.2. The predicted octanol–water partition coefficient (Wildman–Crippen LogP) is 3.37. The summed E-state index contributed by atoms with van der Waals surface area (Å²) in [6.45, 7) is 1.54. The van der Waals surface area contributed by atoms with Gasteiger partial charge in [-0.15, -0.1) is 0 Å². The number of aliphatic hydroxyl groups is 1. The highest BCUT2D eigenvalue weighted by atomic mass is 19.1. The van der Waals surface area contributed by atoms with Gasteiger partial charge in [0.25, 0.3) is 5.69 Å². The fourth-order valence-corrected chi connectivity index (χ4v) is 1.85. The van der Waals surface area contributed by atoms with E-state index in [4.69, 9.17) is 4.74 Å². The summed E-state index contributed by atoms with van der Waals surface area (Å²) in [5.74, 6) is -0.0680. The SMILES string of the molecule is CC(O)c1ccc(OCc2cc(F)ccc2[N+](=O)[O-])cc1. The van der Waals surface area contributed by atoms with E-state index in [2.05, 4.69) is 0 Å². The maximum absolute atomic E-state index is 13.2. The summed E-state index contributed by atoms with van der Waals surface area (Å²) < 4.78 is 18.6. The summed E-state index contributed by atoms with van der Waals surface area (Å²) in [7, 11) is 0. The maximum Gasteiger partial charge on any atom is 0.276 e. The van der Waals surface area contributed by atoms with Crippen LogP contribution >= 0.6 is 0 Å².